The van der Waals surface area contributed by atoms with E-state index in [1.54, 1.807) is 0 Å². The van der Waals surface area contributed by atoms with Gasteiger partial charge >= 0.3 is 0 Å². The van der Waals surface area contributed by atoms with Crippen LogP contribution in [-0.4, -0.2) is 6.71 Å². The normalized spacial score (nSPS) is 12.8. The van der Waals surface area contributed by atoms with Crippen molar-refractivity contribution in [3.8, 4) is 0 Å². The summed E-state index contributed by atoms with van der Waals surface area (Å²) in [7, 11) is 0. The SMILES string of the molecule is CC(C)(C)c1ccc(B(c2ccc(C(C)(C)C)cc2)c2cc(C(C)(c3cc(Cl)c(Cl)c(N(c4ccc(C(C)(C)C)cc4)c4ccc(C(C)(C)C)cc4)c3)c3cc(Cl)c(Cl)c(N(c4ccc(C(C)(C)C)cc4)c4ccc(C(C)(C)C)cc4)c3)cc(Cl)c2Cl)cc1. The van der Waals surface area contributed by atoms with Gasteiger partial charge in [-0.25, -0.2) is 0 Å². The van der Waals surface area contributed by atoms with E-state index in [1.165, 1.54) is 33.4 Å². The number of hydrogen-bond donors (Lipinski definition) is 0. The first-order valence-electron chi connectivity index (χ1n) is 31.0. The predicted molar refractivity (Wildman–Crippen MR) is 394 cm³/mol. The minimum Gasteiger partial charge on any atom is -0.309 e. The number of nitrogens with zero attached hydrogens (tertiary/aromatic N) is 2. The molecule has 89 heavy (non-hydrogen) atoms. The summed E-state index contributed by atoms with van der Waals surface area (Å²) < 4.78 is 0. The molecular formula is C80H87BCl6N2. The van der Waals surface area contributed by atoms with Gasteiger partial charge in [-0.1, -0.05) is 308 Å². The molecule has 9 rings (SSSR count). The highest BCUT2D eigenvalue weighted by molar-refractivity contribution is 6.96. The Morgan fingerprint density at radius 3 is 0.697 bits per heavy atom. The van der Waals surface area contributed by atoms with E-state index in [0.717, 1.165) is 55.8 Å². The lowest BCUT2D eigenvalue weighted by Crippen LogP contribution is -2.53. The molecule has 0 atom stereocenters. The zero-order valence-corrected chi connectivity index (χ0v) is 60.1. The molecule has 0 amide bonds. The maximum absolute atomic E-state index is 7.74. The van der Waals surface area contributed by atoms with Gasteiger partial charge in [0, 0.05) is 28.2 Å². The molecule has 0 radical (unpaired) electrons. The lowest BCUT2D eigenvalue weighted by Gasteiger charge is -2.37. The summed E-state index contributed by atoms with van der Waals surface area (Å²) in [5.41, 5.74) is 16.2. The Bertz CT molecular complexity index is 3410. The average molecular weight is 1300 g/mol. The van der Waals surface area contributed by atoms with E-state index in [0.29, 0.717) is 41.5 Å². The molecule has 462 valence electrons. The second-order valence-electron chi connectivity index (χ2n) is 30.6. The van der Waals surface area contributed by atoms with Crippen LogP contribution in [0.5, 0.6) is 0 Å². The summed E-state index contributed by atoms with van der Waals surface area (Å²) in [5.74, 6) is 0. The fraction of sp³-hybridized carbons (Fsp3) is 0.325. The molecule has 0 heterocycles. The van der Waals surface area contributed by atoms with Crippen LogP contribution in [0.25, 0.3) is 0 Å². The van der Waals surface area contributed by atoms with Crippen LogP contribution in [-0.2, 0) is 37.9 Å². The van der Waals surface area contributed by atoms with Crippen LogP contribution < -0.4 is 26.2 Å². The molecule has 0 saturated heterocycles. The summed E-state index contributed by atoms with van der Waals surface area (Å²) in [4.78, 5) is 4.42. The van der Waals surface area contributed by atoms with E-state index in [1.807, 2.05) is 18.2 Å². The molecule has 9 heteroatoms. The second-order valence-corrected chi connectivity index (χ2v) is 33.0. The molecule has 0 N–H and O–H groups in total. The molecule has 0 spiro atoms. The molecule has 9 aromatic carbocycles. The van der Waals surface area contributed by atoms with Crippen molar-refractivity contribution in [1.82, 2.24) is 0 Å². The number of hydrogen-bond acceptors (Lipinski definition) is 2. The Labute approximate surface area is 564 Å². The first kappa shape index (κ1) is 67.8. The Kier molecular flexibility index (Phi) is 19.1. The Hall–Kier alpha value is -5.62. The van der Waals surface area contributed by atoms with Gasteiger partial charge in [0.05, 0.1) is 41.5 Å². The van der Waals surface area contributed by atoms with Crippen molar-refractivity contribution in [3.05, 3.63) is 262 Å². The summed E-state index contributed by atoms with van der Waals surface area (Å²) in [5, 5.41) is 2.37. The third kappa shape index (κ3) is 14.4. The van der Waals surface area contributed by atoms with Crippen LogP contribution in [0.3, 0.4) is 0 Å². The molecule has 0 fully saturated rings. The fourth-order valence-corrected chi connectivity index (χ4v) is 13.1. The maximum Gasteiger partial charge on any atom is 0.243 e. The van der Waals surface area contributed by atoms with Gasteiger partial charge in [-0.15, -0.1) is 0 Å². The van der Waals surface area contributed by atoms with Crippen LogP contribution in [0.4, 0.5) is 34.1 Å². The van der Waals surface area contributed by atoms with Gasteiger partial charge in [-0.2, -0.15) is 0 Å². The van der Waals surface area contributed by atoms with Gasteiger partial charge in [-0.05, 0) is 174 Å². The minimum atomic E-state index is -1.14. The van der Waals surface area contributed by atoms with Crippen molar-refractivity contribution in [2.45, 2.75) is 169 Å². The standard InChI is InChI=1S/C80H87BCl6N2/c1-74(2,3)50-20-32-59(33-21-50)81(60-34-22-51(23-35-60)75(4,5)6)65-44-56(45-66(82)71(65)85)80(19,57-46-67(83)72(86)69(48-57)88(61-36-24-52(25-37-61)76(7,8)9)62-38-26-53(27-39-62)77(10,11)12)58-47-68(84)73(87)70(49-58)89(63-40-28-54(29-41-63)78(13,14)15)64-42-30-55(31-43-64)79(16,17)18/h20-49H,1-19H3. The van der Waals surface area contributed by atoms with Crippen molar-refractivity contribution in [2.24, 2.45) is 0 Å². The highest BCUT2D eigenvalue weighted by Gasteiger charge is 2.39. The summed E-state index contributed by atoms with van der Waals surface area (Å²) in [6.07, 6.45) is 0. The molecule has 0 saturated carbocycles. The molecule has 0 aliphatic carbocycles. The van der Waals surface area contributed by atoms with Crippen LogP contribution in [0.1, 0.15) is 182 Å². The van der Waals surface area contributed by atoms with E-state index in [4.69, 9.17) is 69.6 Å². The molecular weight excluding hydrogens is 1210 g/mol. The van der Waals surface area contributed by atoms with Gasteiger partial charge in [0.25, 0.3) is 0 Å². The molecule has 0 aliphatic heterocycles. The van der Waals surface area contributed by atoms with Crippen molar-refractivity contribution >= 4 is 127 Å². The zero-order valence-electron chi connectivity index (χ0n) is 55.6. The summed E-state index contributed by atoms with van der Waals surface area (Å²) in [6, 6.07) is 65.5. The van der Waals surface area contributed by atoms with Gasteiger partial charge in [0.2, 0.25) is 6.71 Å². The maximum atomic E-state index is 7.74. The second kappa shape index (κ2) is 25.1. The number of benzene rings is 9. The van der Waals surface area contributed by atoms with Crippen LogP contribution >= 0.6 is 69.6 Å². The highest BCUT2D eigenvalue weighted by atomic mass is 35.5. The molecule has 0 unspecified atom stereocenters. The van der Waals surface area contributed by atoms with E-state index >= 15 is 0 Å². The monoisotopic (exact) mass is 1300 g/mol. The molecule has 9 aromatic rings. The third-order valence-electron chi connectivity index (χ3n) is 17.8. The number of anilines is 6. The molecule has 0 bridgehead atoms. The molecule has 0 aromatic heterocycles. The van der Waals surface area contributed by atoms with Gasteiger partial charge in [-0.3, -0.25) is 0 Å². The lowest BCUT2D eigenvalue weighted by atomic mass is 9.36. The zero-order chi connectivity index (χ0) is 65.3. The third-order valence-corrected chi connectivity index (χ3v) is 20.2. The molecule has 0 aliphatic rings. The Morgan fingerprint density at radius 2 is 0.461 bits per heavy atom. The lowest BCUT2D eigenvalue weighted by molar-refractivity contribution is 0.590. The van der Waals surface area contributed by atoms with Crippen LogP contribution in [0.2, 0.25) is 30.1 Å². The minimum absolute atomic E-state index is 0.0643. The van der Waals surface area contributed by atoms with Gasteiger partial charge in [0.1, 0.15) is 0 Å². The van der Waals surface area contributed by atoms with E-state index < -0.39 is 5.41 Å². The van der Waals surface area contributed by atoms with Crippen LogP contribution in [0, 0.1) is 0 Å². The van der Waals surface area contributed by atoms with Crippen LogP contribution in [0.15, 0.2) is 182 Å². The van der Waals surface area contributed by atoms with E-state index in [-0.39, 0.29) is 39.2 Å². The summed E-state index contributed by atoms with van der Waals surface area (Å²) in [6.45, 7) is 42.1. The van der Waals surface area contributed by atoms with E-state index in [2.05, 4.69) is 305 Å². The van der Waals surface area contributed by atoms with Gasteiger partial charge < -0.3 is 9.80 Å². The fourth-order valence-electron chi connectivity index (χ4n) is 11.9. The smallest absolute Gasteiger partial charge is 0.243 e. The first-order valence-corrected chi connectivity index (χ1v) is 33.3. The topological polar surface area (TPSA) is 6.48 Å². The first-order chi connectivity index (χ1) is 41.3. The van der Waals surface area contributed by atoms with Crippen molar-refractivity contribution < 1.29 is 0 Å². The highest BCUT2D eigenvalue weighted by Crippen LogP contribution is 2.52. The number of halogens is 6. The quantitative estimate of drug-likeness (QED) is 0.0889. The van der Waals surface area contributed by atoms with Crippen molar-refractivity contribution in [3.63, 3.8) is 0 Å². The van der Waals surface area contributed by atoms with Crippen molar-refractivity contribution in [2.75, 3.05) is 9.80 Å². The van der Waals surface area contributed by atoms with E-state index in [9.17, 15) is 0 Å². The number of rotatable bonds is 12. The predicted octanol–water partition coefficient (Wildman–Crippen LogP) is 24.2. The summed E-state index contributed by atoms with van der Waals surface area (Å²) >= 11 is 46.3. The largest absolute Gasteiger partial charge is 0.309 e. The molecule has 2 nitrogen and oxygen atoms in total. The Morgan fingerprint density at radius 1 is 0.247 bits per heavy atom. The average Bonchev–Trinajstić information content (AvgIpc) is 0.872. The van der Waals surface area contributed by atoms with Crippen molar-refractivity contribution in [1.29, 1.82) is 0 Å². The van der Waals surface area contributed by atoms with Gasteiger partial charge in [0.15, 0.2) is 0 Å². The Balaban J connectivity index is 1.39.